The second kappa shape index (κ2) is 7.93. The molecule has 1 aliphatic rings. The molecule has 0 fully saturated rings. The molecule has 2 heterocycles. The zero-order chi connectivity index (χ0) is 22.3. The van der Waals surface area contributed by atoms with Crippen molar-refractivity contribution in [2.24, 2.45) is 0 Å². The van der Waals surface area contributed by atoms with Gasteiger partial charge in [-0.3, -0.25) is 0 Å². The van der Waals surface area contributed by atoms with Gasteiger partial charge in [0.25, 0.3) is 0 Å². The van der Waals surface area contributed by atoms with E-state index in [4.69, 9.17) is 0 Å². The Morgan fingerprint density at radius 3 is 2.62 bits per heavy atom. The first-order chi connectivity index (χ1) is 15.3. The molecule has 162 valence electrons. The Morgan fingerprint density at radius 1 is 0.938 bits per heavy atom. The highest BCUT2D eigenvalue weighted by Gasteiger charge is 2.33. The highest BCUT2D eigenvalue weighted by atomic mass is 19.4. The molecule has 2 aromatic carbocycles. The quantitative estimate of drug-likeness (QED) is 0.405. The van der Waals surface area contributed by atoms with E-state index >= 15 is 0 Å². The average Bonchev–Trinajstić information content (AvgIpc) is 3.36. The van der Waals surface area contributed by atoms with Crippen LogP contribution in [-0.2, 0) is 31.9 Å². The first-order valence-corrected chi connectivity index (χ1v) is 10.6. The summed E-state index contributed by atoms with van der Waals surface area (Å²) in [4.78, 5) is 11.6. The molecule has 0 radical (unpaired) electrons. The Labute approximate surface area is 184 Å². The topological polar surface area (TPSA) is 41.6 Å². The summed E-state index contributed by atoms with van der Waals surface area (Å²) < 4.78 is 40.5. The van der Waals surface area contributed by atoms with E-state index in [9.17, 15) is 13.2 Å². The number of halogens is 3. The van der Waals surface area contributed by atoms with E-state index in [-0.39, 0.29) is 12.2 Å². The number of alkyl halides is 3. The summed E-state index contributed by atoms with van der Waals surface area (Å²) in [5.41, 5.74) is 6.02. The van der Waals surface area contributed by atoms with E-state index in [0.717, 1.165) is 40.2 Å². The molecule has 0 aliphatic heterocycles. The molecule has 3 nitrogen and oxygen atoms in total. The fourth-order valence-corrected chi connectivity index (χ4v) is 4.25. The van der Waals surface area contributed by atoms with Crippen LogP contribution in [0, 0.1) is 6.92 Å². The van der Waals surface area contributed by atoms with Crippen LogP contribution in [0.25, 0.3) is 17.0 Å². The standard InChI is InChI=1S/C26H22F3N3/c1-16-11-21-13-18(7-10-23(21)30-16)14-25-31-22(15-24(32-25)26(27,28)29)9-6-17-5-8-19-3-2-4-20(19)12-17/h2,4-5,7-8,10-13,15,30H,3,6,9,14H2,1H3. The lowest BCUT2D eigenvalue weighted by atomic mass is 10.0. The minimum Gasteiger partial charge on any atom is -0.359 e. The number of aryl methyl sites for hydroxylation is 3. The Balaban J connectivity index is 1.40. The van der Waals surface area contributed by atoms with Gasteiger partial charge in [0.2, 0.25) is 0 Å². The maximum absolute atomic E-state index is 13.5. The maximum atomic E-state index is 13.5. The van der Waals surface area contributed by atoms with Crippen LogP contribution in [0.15, 0.2) is 54.6 Å². The predicted molar refractivity (Wildman–Crippen MR) is 119 cm³/mol. The van der Waals surface area contributed by atoms with Crippen LogP contribution in [0.2, 0.25) is 0 Å². The van der Waals surface area contributed by atoms with Crippen molar-refractivity contribution in [3.05, 3.63) is 99.8 Å². The fraction of sp³-hybridized carbons (Fsp3) is 0.231. The highest BCUT2D eigenvalue weighted by Crippen LogP contribution is 2.29. The van der Waals surface area contributed by atoms with Gasteiger partial charge in [-0.25, -0.2) is 9.97 Å². The van der Waals surface area contributed by atoms with Crippen LogP contribution in [0.1, 0.15) is 45.2 Å². The van der Waals surface area contributed by atoms with Crippen LogP contribution < -0.4 is 0 Å². The van der Waals surface area contributed by atoms with Crippen LogP contribution in [0.3, 0.4) is 0 Å². The molecule has 4 aromatic rings. The third-order valence-electron chi connectivity index (χ3n) is 5.81. The average molecular weight is 433 g/mol. The zero-order valence-electron chi connectivity index (χ0n) is 17.6. The number of allylic oxidation sites excluding steroid dienone is 1. The summed E-state index contributed by atoms with van der Waals surface area (Å²) >= 11 is 0. The largest absolute Gasteiger partial charge is 0.433 e. The molecule has 2 aromatic heterocycles. The molecule has 0 bridgehead atoms. The summed E-state index contributed by atoms with van der Waals surface area (Å²) in [5.74, 6) is 0.193. The fourth-order valence-electron chi connectivity index (χ4n) is 4.25. The van der Waals surface area contributed by atoms with Crippen molar-refractivity contribution in [3.63, 3.8) is 0 Å². The van der Waals surface area contributed by atoms with Crippen molar-refractivity contribution in [1.82, 2.24) is 15.0 Å². The van der Waals surface area contributed by atoms with Crippen molar-refractivity contribution < 1.29 is 13.2 Å². The minimum absolute atomic E-state index is 0.193. The number of aromatic nitrogens is 3. The molecule has 0 atom stereocenters. The molecule has 0 amide bonds. The van der Waals surface area contributed by atoms with Gasteiger partial charge in [0.15, 0.2) is 0 Å². The summed E-state index contributed by atoms with van der Waals surface area (Å²) in [6.45, 7) is 1.97. The van der Waals surface area contributed by atoms with E-state index in [1.807, 2.05) is 37.3 Å². The van der Waals surface area contributed by atoms with Crippen LogP contribution >= 0.6 is 0 Å². The lowest BCUT2D eigenvalue weighted by Crippen LogP contribution is -2.13. The number of hydrogen-bond donors (Lipinski definition) is 1. The van der Waals surface area contributed by atoms with Gasteiger partial charge in [-0.2, -0.15) is 13.2 Å². The van der Waals surface area contributed by atoms with Crippen LogP contribution in [0.5, 0.6) is 0 Å². The third kappa shape index (κ3) is 4.31. The van der Waals surface area contributed by atoms with Crippen molar-refractivity contribution in [2.45, 2.75) is 38.8 Å². The summed E-state index contributed by atoms with van der Waals surface area (Å²) in [6.07, 6.45) is 1.95. The smallest absolute Gasteiger partial charge is 0.359 e. The summed E-state index contributed by atoms with van der Waals surface area (Å²) in [7, 11) is 0. The molecule has 6 heteroatoms. The molecular formula is C26H22F3N3. The lowest BCUT2D eigenvalue weighted by molar-refractivity contribution is -0.141. The number of H-pyrrole nitrogens is 1. The molecule has 0 spiro atoms. The van der Waals surface area contributed by atoms with E-state index in [2.05, 4.69) is 39.2 Å². The van der Waals surface area contributed by atoms with E-state index in [1.165, 1.54) is 11.1 Å². The lowest BCUT2D eigenvalue weighted by Gasteiger charge is -2.11. The number of fused-ring (bicyclic) bond motifs is 2. The molecule has 0 saturated carbocycles. The Morgan fingerprint density at radius 2 is 1.78 bits per heavy atom. The summed E-state index contributed by atoms with van der Waals surface area (Å²) in [5, 5.41) is 1.03. The number of hydrogen-bond acceptors (Lipinski definition) is 2. The predicted octanol–water partition coefficient (Wildman–Crippen LogP) is 6.23. The van der Waals surface area contributed by atoms with Crippen molar-refractivity contribution >= 4 is 17.0 Å². The molecule has 0 saturated heterocycles. The van der Waals surface area contributed by atoms with Gasteiger partial charge in [0.05, 0.1) is 0 Å². The van der Waals surface area contributed by atoms with Crippen LogP contribution in [0.4, 0.5) is 13.2 Å². The highest BCUT2D eigenvalue weighted by molar-refractivity contribution is 5.81. The minimum atomic E-state index is -4.51. The molecule has 5 rings (SSSR count). The summed E-state index contributed by atoms with van der Waals surface area (Å²) in [6, 6.07) is 15.2. The number of benzene rings is 2. The van der Waals surface area contributed by atoms with Gasteiger partial charge < -0.3 is 4.98 Å². The zero-order valence-corrected chi connectivity index (χ0v) is 17.6. The molecular weight excluding hydrogens is 411 g/mol. The molecule has 1 N–H and O–H groups in total. The van der Waals surface area contributed by atoms with Gasteiger partial charge in [-0.15, -0.1) is 0 Å². The Kier molecular flexibility index (Phi) is 5.08. The number of nitrogens with one attached hydrogen (secondary N) is 1. The molecule has 1 aliphatic carbocycles. The monoisotopic (exact) mass is 433 g/mol. The first-order valence-electron chi connectivity index (χ1n) is 10.6. The second-order valence-electron chi connectivity index (χ2n) is 8.35. The van der Waals surface area contributed by atoms with Gasteiger partial charge in [-0.05, 0) is 78.1 Å². The molecule has 0 unspecified atom stereocenters. The third-order valence-corrected chi connectivity index (χ3v) is 5.81. The van der Waals surface area contributed by atoms with Crippen LogP contribution in [-0.4, -0.2) is 15.0 Å². The van der Waals surface area contributed by atoms with E-state index in [1.54, 1.807) is 0 Å². The van der Waals surface area contributed by atoms with Crippen molar-refractivity contribution in [1.29, 1.82) is 0 Å². The van der Waals surface area contributed by atoms with Gasteiger partial charge in [0, 0.05) is 23.3 Å². The second-order valence-corrected chi connectivity index (χ2v) is 8.35. The Bertz CT molecular complexity index is 1330. The number of nitrogens with zero attached hydrogens (tertiary/aromatic N) is 2. The number of rotatable bonds is 5. The van der Waals surface area contributed by atoms with Crippen molar-refractivity contribution in [2.75, 3.05) is 0 Å². The first kappa shape index (κ1) is 20.5. The normalized spacial score (nSPS) is 13.1. The van der Waals surface area contributed by atoms with Gasteiger partial charge in [-0.1, -0.05) is 36.4 Å². The Hall–Kier alpha value is -3.41. The van der Waals surface area contributed by atoms with E-state index < -0.39 is 11.9 Å². The van der Waals surface area contributed by atoms with Gasteiger partial charge in [0.1, 0.15) is 11.5 Å². The van der Waals surface area contributed by atoms with Crippen molar-refractivity contribution in [3.8, 4) is 0 Å². The van der Waals surface area contributed by atoms with Gasteiger partial charge >= 0.3 is 6.18 Å². The number of aromatic amines is 1. The maximum Gasteiger partial charge on any atom is 0.433 e. The van der Waals surface area contributed by atoms with E-state index in [0.29, 0.717) is 18.5 Å². The SMILES string of the molecule is Cc1cc2cc(Cc3nc(CCc4ccc5c(c4)C=CC5)cc(C(F)(F)F)n3)ccc2[nH]1. The molecule has 32 heavy (non-hydrogen) atoms.